The average Bonchev–Trinajstić information content (AvgIpc) is 3.20. The molecule has 4 rings (SSSR count). The average molecular weight is 444 g/mol. The van der Waals surface area contributed by atoms with Crippen LogP contribution >= 0.6 is 11.6 Å². The number of fused-ring (bicyclic) bond motifs is 1. The molecule has 0 aliphatic rings. The second-order valence-electron chi connectivity index (χ2n) is 7.22. The summed E-state index contributed by atoms with van der Waals surface area (Å²) in [7, 11) is 0. The Morgan fingerprint density at radius 2 is 1.88 bits per heavy atom. The number of benzene rings is 2. The van der Waals surface area contributed by atoms with Crippen molar-refractivity contribution in [1.29, 1.82) is 5.26 Å². The molecule has 0 bridgehead atoms. The first-order chi connectivity index (χ1) is 15.5. The first-order valence-corrected chi connectivity index (χ1v) is 10.3. The smallest absolute Gasteiger partial charge is 0.226 e. The maximum absolute atomic E-state index is 12.6. The van der Waals surface area contributed by atoms with Crippen molar-refractivity contribution >= 4 is 40.0 Å². The molecule has 0 aliphatic heterocycles. The number of pyridine rings is 1. The van der Waals surface area contributed by atoms with Crippen molar-refractivity contribution in [3.8, 4) is 11.9 Å². The fraction of sp³-hybridized carbons (Fsp3) is 0.125. The lowest BCUT2D eigenvalue weighted by atomic mass is 10.1. The molecular formula is C24H18ClN5O2. The number of carbonyl (C=O) groups is 2. The van der Waals surface area contributed by atoms with Gasteiger partial charge >= 0.3 is 0 Å². The Morgan fingerprint density at radius 3 is 2.62 bits per heavy atom. The van der Waals surface area contributed by atoms with Crippen molar-refractivity contribution in [1.82, 2.24) is 14.8 Å². The summed E-state index contributed by atoms with van der Waals surface area (Å²) in [6.45, 7) is 1.96. The second-order valence-corrected chi connectivity index (χ2v) is 7.66. The molecular weight excluding hydrogens is 426 g/mol. The Bertz CT molecular complexity index is 1370. The van der Waals surface area contributed by atoms with Crippen LogP contribution in [0.3, 0.4) is 0 Å². The molecule has 2 aromatic heterocycles. The molecule has 0 saturated heterocycles. The molecule has 0 aliphatic carbocycles. The fourth-order valence-corrected chi connectivity index (χ4v) is 3.49. The lowest BCUT2D eigenvalue weighted by Gasteiger charge is -2.11. The number of nitrogens with zero attached hydrogens (tertiary/aromatic N) is 4. The Kier molecular flexibility index (Phi) is 5.97. The molecule has 0 fully saturated rings. The summed E-state index contributed by atoms with van der Waals surface area (Å²) in [5.74, 6) is 0.134. The number of aromatic nitrogens is 3. The van der Waals surface area contributed by atoms with Gasteiger partial charge in [-0.05, 0) is 48.9 Å². The van der Waals surface area contributed by atoms with Gasteiger partial charge in [0, 0.05) is 28.8 Å². The molecule has 0 radical (unpaired) electrons. The summed E-state index contributed by atoms with van der Waals surface area (Å²) in [6.07, 6.45) is 1.36. The van der Waals surface area contributed by atoms with E-state index in [1.165, 1.54) is 10.9 Å². The molecule has 1 amide bonds. The number of amides is 1. The lowest BCUT2D eigenvalue weighted by molar-refractivity contribution is -0.116. The van der Waals surface area contributed by atoms with Crippen LogP contribution in [0.15, 0.2) is 60.8 Å². The van der Waals surface area contributed by atoms with E-state index in [2.05, 4.69) is 15.4 Å². The molecule has 4 aromatic rings. The van der Waals surface area contributed by atoms with Crippen LogP contribution in [0.1, 0.15) is 34.3 Å². The van der Waals surface area contributed by atoms with E-state index in [0.717, 1.165) is 16.5 Å². The molecule has 7 nitrogen and oxygen atoms in total. The SMILES string of the molecule is Cc1cc(-n2ncc(C#N)c2NC(=O)CCC(=O)c2ccc(Cl)cc2)nc2ccccc12. The monoisotopic (exact) mass is 443 g/mol. The van der Waals surface area contributed by atoms with Gasteiger partial charge in [-0.1, -0.05) is 29.8 Å². The van der Waals surface area contributed by atoms with Crippen LogP contribution in [0.25, 0.3) is 16.7 Å². The predicted octanol–water partition coefficient (Wildman–Crippen LogP) is 4.86. The van der Waals surface area contributed by atoms with E-state index >= 15 is 0 Å². The summed E-state index contributed by atoms with van der Waals surface area (Å²) >= 11 is 5.84. The summed E-state index contributed by atoms with van der Waals surface area (Å²) in [5.41, 5.74) is 2.46. The van der Waals surface area contributed by atoms with E-state index in [1.807, 2.05) is 43.3 Å². The van der Waals surface area contributed by atoms with Crippen LogP contribution in [-0.4, -0.2) is 26.5 Å². The summed E-state index contributed by atoms with van der Waals surface area (Å²) in [4.78, 5) is 29.5. The quantitative estimate of drug-likeness (QED) is 0.429. The van der Waals surface area contributed by atoms with Gasteiger partial charge in [0.25, 0.3) is 0 Å². The molecule has 0 spiro atoms. The van der Waals surface area contributed by atoms with Crippen LogP contribution in [0.4, 0.5) is 5.82 Å². The molecule has 8 heteroatoms. The highest BCUT2D eigenvalue weighted by Gasteiger charge is 2.18. The Hall–Kier alpha value is -4.02. The van der Waals surface area contributed by atoms with Crippen LogP contribution in [0, 0.1) is 18.3 Å². The van der Waals surface area contributed by atoms with Crippen molar-refractivity contribution in [3.05, 3.63) is 82.5 Å². The van der Waals surface area contributed by atoms with Crippen molar-refractivity contribution in [2.75, 3.05) is 5.32 Å². The van der Waals surface area contributed by atoms with Crippen molar-refractivity contribution in [3.63, 3.8) is 0 Å². The molecule has 158 valence electrons. The van der Waals surface area contributed by atoms with Gasteiger partial charge in [-0.25, -0.2) is 4.98 Å². The molecule has 32 heavy (non-hydrogen) atoms. The minimum atomic E-state index is -0.400. The third-order valence-electron chi connectivity index (χ3n) is 5.02. The van der Waals surface area contributed by atoms with Crippen molar-refractivity contribution in [2.45, 2.75) is 19.8 Å². The normalized spacial score (nSPS) is 10.7. The zero-order valence-electron chi connectivity index (χ0n) is 17.2. The number of hydrogen-bond donors (Lipinski definition) is 1. The maximum Gasteiger partial charge on any atom is 0.226 e. The van der Waals surface area contributed by atoms with E-state index < -0.39 is 5.91 Å². The number of Topliss-reactive ketones (excluding diaryl/α,β-unsaturated/α-hetero) is 1. The van der Waals surface area contributed by atoms with Gasteiger partial charge in [-0.2, -0.15) is 15.0 Å². The van der Waals surface area contributed by atoms with Gasteiger partial charge in [0.1, 0.15) is 11.6 Å². The number of nitrogens with one attached hydrogen (secondary N) is 1. The predicted molar refractivity (Wildman–Crippen MR) is 122 cm³/mol. The molecule has 0 unspecified atom stereocenters. The molecule has 2 heterocycles. The fourth-order valence-electron chi connectivity index (χ4n) is 3.37. The highest BCUT2D eigenvalue weighted by atomic mass is 35.5. The molecule has 0 saturated carbocycles. The number of anilines is 1. The Labute approximate surface area is 189 Å². The number of halogens is 1. The summed E-state index contributed by atoms with van der Waals surface area (Å²) < 4.78 is 1.43. The topological polar surface area (TPSA) is 101 Å². The third-order valence-corrected chi connectivity index (χ3v) is 5.27. The second kappa shape index (κ2) is 9.00. The number of nitriles is 1. The van der Waals surface area contributed by atoms with Gasteiger partial charge in [0.2, 0.25) is 5.91 Å². The third kappa shape index (κ3) is 4.36. The van der Waals surface area contributed by atoms with Gasteiger partial charge in [0.15, 0.2) is 17.4 Å². The minimum Gasteiger partial charge on any atom is -0.309 e. The van der Waals surface area contributed by atoms with Gasteiger partial charge < -0.3 is 5.32 Å². The van der Waals surface area contributed by atoms with Crippen molar-refractivity contribution < 1.29 is 9.59 Å². The van der Waals surface area contributed by atoms with Crippen molar-refractivity contribution in [2.24, 2.45) is 0 Å². The number of rotatable bonds is 6. The first kappa shape index (κ1) is 21.2. The minimum absolute atomic E-state index is 0.0246. The highest BCUT2D eigenvalue weighted by molar-refractivity contribution is 6.30. The van der Waals surface area contributed by atoms with Gasteiger partial charge in [0.05, 0.1) is 11.7 Å². The maximum atomic E-state index is 12.6. The highest BCUT2D eigenvalue weighted by Crippen LogP contribution is 2.24. The number of para-hydroxylation sites is 1. The molecule has 2 aromatic carbocycles. The van der Waals surface area contributed by atoms with Gasteiger partial charge in [-0.3, -0.25) is 9.59 Å². The van der Waals surface area contributed by atoms with Crippen LogP contribution in [0.5, 0.6) is 0 Å². The van der Waals surface area contributed by atoms with Crippen LogP contribution < -0.4 is 5.32 Å². The Balaban J connectivity index is 1.55. The zero-order valence-corrected chi connectivity index (χ0v) is 17.9. The molecule has 0 atom stereocenters. The van der Waals surface area contributed by atoms with E-state index in [9.17, 15) is 14.9 Å². The van der Waals surface area contributed by atoms with E-state index in [0.29, 0.717) is 16.4 Å². The summed E-state index contributed by atoms with van der Waals surface area (Å²) in [5, 5.41) is 18.0. The van der Waals surface area contributed by atoms with E-state index in [-0.39, 0.29) is 30.0 Å². The number of hydrogen-bond acceptors (Lipinski definition) is 5. The van der Waals surface area contributed by atoms with E-state index in [4.69, 9.17) is 11.6 Å². The van der Waals surface area contributed by atoms with Crippen LogP contribution in [0.2, 0.25) is 5.02 Å². The Morgan fingerprint density at radius 1 is 1.12 bits per heavy atom. The zero-order chi connectivity index (χ0) is 22.7. The van der Waals surface area contributed by atoms with E-state index in [1.54, 1.807) is 24.3 Å². The largest absolute Gasteiger partial charge is 0.309 e. The standard InChI is InChI=1S/C24H18ClN5O2/c1-15-12-22(28-20-5-3-2-4-19(15)20)30-24(17(13-26)14-27-30)29-23(32)11-10-21(31)16-6-8-18(25)9-7-16/h2-9,12,14H,10-11H2,1H3,(H,29,32). The lowest BCUT2D eigenvalue weighted by Crippen LogP contribution is -2.17. The number of carbonyl (C=O) groups excluding carboxylic acids is 2. The first-order valence-electron chi connectivity index (χ1n) is 9.90. The van der Waals surface area contributed by atoms with Gasteiger partial charge in [-0.15, -0.1) is 0 Å². The number of ketones is 1. The van der Waals surface area contributed by atoms with Crippen LogP contribution in [-0.2, 0) is 4.79 Å². The molecule has 1 N–H and O–H groups in total. The number of aryl methyl sites for hydroxylation is 1. The summed E-state index contributed by atoms with van der Waals surface area (Å²) in [6, 6.07) is 18.1.